The lowest BCUT2D eigenvalue weighted by Gasteiger charge is -2.15. The van der Waals surface area contributed by atoms with Crippen LogP contribution in [0.4, 0.5) is 5.82 Å². The van der Waals surface area contributed by atoms with Crippen molar-refractivity contribution in [3.8, 4) is 0 Å². The van der Waals surface area contributed by atoms with Crippen molar-refractivity contribution >= 4 is 11.7 Å². The molecule has 2 heterocycles. The van der Waals surface area contributed by atoms with Gasteiger partial charge in [0.05, 0.1) is 0 Å². The summed E-state index contributed by atoms with van der Waals surface area (Å²) in [5.41, 5.74) is 0.886. The lowest BCUT2D eigenvalue weighted by molar-refractivity contribution is -0.117. The van der Waals surface area contributed by atoms with Crippen LogP contribution in [0.15, 0.2) is 18.7 Å². The highest BCUT2D eigenvalue weighted by molar-refractivity contribution is 5.95. The summed E-state index contributed by atoms with van der Waals surface area (Å²) in [4.78, 5) is 22.0. The summed E-state index contributed by atoms with van der Waals surface area (Å²) in [6.07, 6.45) is 2.37. The maximum Gasteiger partial charge on any atom is 0.228 e. The minimum Gasteiger partial charge on any atom is -0.296 e. The van der Waals surface area contributed by atoms with E-state index in [1.54, 1.807) is 4.90 Å². The Balaban J connectivity index is 2.30. The van der Waals surface area contributed by atoms with Crippen LogP contribution < -0.4 is 4.90 Å². The molecule has 1 aromatic heterocycles. The zero-order chi connectivity index (χ0) is 11.7. The monoisotopic (exact) mass is 217 g/mol. The van der Waals surface area contributed by atoms with E-state index >= 15 is 0 Å². The number of carbonyl (C=O) groups is 1. The van der Waals surface area contributed by atoms with Crippen LogP contribution in [0.2, 0.25) is 0 Å². The van der Waals surface area contributed by atoms with Gasteiger partial charge in [-0.1, -0.05) is 6.08 Å². The first-order chi connectivity index (χ1) is 7.60. The predicted octanol–water partition coefficient (Wildman–Crippen LogP) is 1.63. The molecule has 1 aliphatic rings. The zero-order valence-electron chi connectivity index (χ0n) is 9.60. The minimum absolute atomic E-state index is 0.113. The van der Waals surface area contributed by atoms with Gasteiger partial charge in [-0.25, -0.2) is 9.97 Å². The molecule has 1 fully saturated rings. The molecule has 0 saturated carbocycles. The van der Waals surface area contributed by atoms with Crippen molar-refractivity contribution in [2.24, 2.45) is 5.92 Å². The maximum atomic E-state index is 11.8. The zero-order valence-corrected chi connectivity index (χ0v) is 9.60. The van der Waals surface area contributed by atoms with Gasteiger partial charge in [0, 0.05) is 30.6 Å². The third kappa shape index (κ3) is 1.96. The number of amides is 1. The fourth-order valence-corrected chi connectivity index (χ4v) is 1.95. The quantitative estimate of drug-likeness (QED) is 0.707. The van der Waals surface area contributed by atoms with Crippen LogP contribution in [0.5, 0.6) is 0 Å². The molecule has 16 heavy (non-hydrogen) atoms. The smallest absolute Gasteiger partial charge is 0.228 e. The Labute approximate surface area is 95.0 Å². The Morgan fingerprint density at radius 3 is 2.81 bits per heavy atom. The highest BCUT2D eigenvalue weighted by Gasteiger charge is 2.29. The number of anilines is 1. The summed E-state index contributed by atoms with van der Waals surface area (Å²) in [6, 6.07) is 1.84. The number of aromatic nitrogens is 2. The normalized spacial score (nSPS) is 20.2. The first-order valence-corrected chi connectivity index (χ1v) is 5.35. The molecule has 1 amide bonds. The Bertz CT molecular complexity index is 422. The number of hydrogen-bond acceptors (Lipinski definition) is 3. The second-order valence-corrected chi connectivity index (χ2v) is 4.12. The van der Waals surface area contributed by atoms with E-state index in [2.05, 4.69) is 16.5 Å². The molecular weight excluding hydrogens is 202 g/mol. The molecule has 1 aliphatic heterocycles. The molecule has 0 aromatic carbocycles. The molecule has 2 rings (SSSR count). The molecule has 0 N–H and O–H groups in total. The second kappa shape index (κ2) is 4.04. The van der Waals surface area contributed by atoms with E-state index in [9.17, 15) is 4.79 Å². The van der Waals surface area contributed by atoms with Gasteiger partial charge in [-0.2, -0.15) is 0 Å². The number of aryl methyl sites for hydroxylation is 2. The van der Waals surface area contributed by atoms with Crippen molar-refractivity contribution in [1.29, 1.82) is 0 Å². The Morgan fingerprint density at radius 2 is 2.25 bits per heavy atom. The van der Waals surface area contributed by atoms with Crippen LogP contribution >= 0.6 is 0 Å². The minimum atomic E-state index is 0.113. The fraction of sp³-hybridized carbons (Fsp3) is 0.417. The molecule has 0 spiro atoms. The van der Waals surface area contributed by atoms with E-state index < -0.39 is 0 Å². The van der Waals surface area contributed by atoms with Crippen molar-refractivity contribution in [3.05, 3.63) is 30.2 Å². The molecule has 4 heteroatoms. The van der Waals surface area contributed by atoms with E-state index in [4.69, 9.17) is 0 Å². The summed E-state index contributed by atoms with van der Waals surface area (Å²) in [5.74, 6) is 1.76. The van der Waals surface area contributed by atoms with E-state index in [-0.39, 0.29) is 11.8 Å². The van der Waals surface area contributed by atoms with Gasteiger partial charge in [0.15, 0.2) is 0 Å². The van der Waals surface area contributed by atoms with Crippen molar-refractivity contribution in [3.63, 3.8) is 0 Å². The van der Waals surface area contributed by atoms with Crippen LogP contribution in [0.3, 0.4) is 0 Å². The third-order valence-corrected chi connectivity index (χ3v) is 2.72. The van der Waals surface area contributed by atoms with Crippen LogP contribution in [0, 0.1) is 19.8 Å². The average molecular weight is 217 g/mol. The number of nitrogens with zero attached hydrogens (tertiary/aromatic N) is 3. The van der Waals surface area contributed by atoms with Crippen molar-refractivity contribution < 1.29 is 4.79 Å². The van der Waals surface area contributed by atoms with Crippen molar-refractivity contribution in [2.75, 3.05) is 11.4 Å². The first kappa shape index (κ1) is 10.8. The van der Waals surface area contributed by atoms with Crippen molar-refractivity contribution in [2.45, 2.75) is 20.3 Å². The van der Waals surface area contributed by atoms with E-state index in [1.165, 1.54) is 0 Å². The summed E-state index contributed by atoms with van der Waals surface area (Å²) >= 11 is 0. The summed E-state index contributed by atoms with van der Waals surface area (Å²) in [6.45, 7) is 8.15. The van der Waals surface area contributed by atoms with Gasteiger partial charge >= 0.3 is 0 Å². The molecule has 1 unspecified atom stereocenters. The SMILES string of the molecule is C=CC1CC(=O)N(c2cc(C)nc(C)n2)C1. The highest BCUT2D eigenvalue weighted by Crippen LogP contribution is 2.24. The Morgan fingerprint density at radius 1 is 1.50 bits per heavy atom. The van der Waals surface area contributed by atoms with Gasteiger partial charge < -0.3 is 0 Å². The van der Waals surface area contributed by atoms with Gasteiger partial charge in [-0.3, -0.25) is 9.69 Å². The van der Waals surface area contributed by atoms with Gasteiger partial charge in [-0.05, 0) is 13.8 Å². The number of hydrogen-bond donors (Lipinski definition) is 0. The maximum absolute atomic E-state index is 11.8. The summed E-state index contributed by atoms with van der Waals surface area (Å²) in [7, 11) is 0. The lowest BCUT2D eigenvalue weighted by atomic mass is 10.1. The van der Waals surface area contributed by atoms with Crippen LogP contribution in [0.25, 0.3) is 0 Å². The third-order valence-electron chi connectivity index (χ3n) is 2.72. The standard InChI is InChI=1S/C12H15N3O/c1-4-10-6-12(16)15(7-10)11-5-8(2)13-9(3)14-11/h4-5,10H,1,6-7H2,2-3H3. The highest BCUT2D eigenvalue weighted by atomic mass is 16.2. The van der Waals surface area contributed by atoms with Gasteiger partial charge in [0.2, 0.25) is 5.91 Å². The molecular formula is C12H15N3O. The number of rotatable bonds is 2. The number of carbonyl (C=O) groups excluding carboxylic acids is 1. The van der Waals surface area contributed by atoms with Gasteiger partial charge in [0.25, 0.3) is 0 Å². The first-order valence-electron chi connectivity index (χ1n) is 5.35. The molecule has 1 saturated heterocycles. The predicted molar refractivity (Wildman–Crippen MR) is 62.2 cm³/mol. The van der Waals surface area contributed by atoms with Gasteiger partial charge in [-0.15, -0.1) is 6.58 Å². The lowest BCUT2D eigenvalue weighted by Crippen LogP contribution is -2.25. The summed E-state index contributed by atoms with van der Waals surface area (Å²) in [5, 5.41) is 0. The van der Waals surface area contributed by atoms with Crippen LogP contribution in [0.1, 0.15) is 17.9 Å². The van der Waals surface area contributed by atoms with Gasteiger partial charge in [0.1, 0.15) is 11.6 Å². The Kier molecular flexibility index (Phi) is 2.73. The molecule has 84 valence electrons. The molecule has 1 aromatic rings. The van der Waals surface area contributed by atoms with E-state index in [1.807, 2.05) is 26.0 Å². The molecule has 0 bridgehead atoms. The molecule has 0 radical (unpaired) electrons. The van der Waals surface area contributed by atoms with Crippen LogP contribution in [-0.2, 0) is 4.79 Å². The molecule has 1 atom stereocenters. The fourth-order valence-electron chi connectivity index (χ4n) is 1.95. The molecule has 4 nitrogen and oxygen atoms in total. The second-order valence-electron chi connectivity index (χ2n) is 4.12. The molecule has 0 aliphatic carbocycles. The average Bonchev–Trinajstić information content (AvgIpc) is 2.58. The van der Waals surface area contributed by atoms with Crippen molar-refractivity contribution in [1.82, 2.24) is 9.97 Å². The Hall–Kier alpha value is -1.71. The van der Waals surface area contributed by atoms with E-state index in [0.29, 0.717) is 24.6 Å². The largest absolute Gasteiger partial charge is 0.296 e. The summed E-state index contributed by atoms with van der Waals surface area (Å²) < 4.78 is 0. The van der Waals surface area contributed by atoms with E-state index in [0.717, 1.165) is 5.69 Å². The topological polar surface area (TPSA) is 46.1 Å². The van der Waals surface area contributed by atoms with Crippen LogP contribution in [-0.4, -0.2) is 22.4 Å².